The number of carbonyl (C=O) groups is 2. The third kappa shape index (κ3) is 7.67. The van der Waals surface area contributed by atoms with Crippen molar-refractivity contribution in [1.29, 1.82) is 0 Å². The summed E-state index contributed by atoms with van der Waals surface area (Å²) in [5.41, 5.74) is 1.02. The van der Waals surface area contributed by atoms with Gasteiger partial charge in [0.05, 0.1) is 5.16 Å². The predicted molar refractivity (Wildman–Crippen MR) is 89.6 cm³/mol. The van der Waals surface area contributed by atoms with Gasteiger partial charge in [-0.15, -0.1) is 0 Å². The Morgan fingerprint density at radius 1 is 1.27 bits per heavy atom. The van der Waals surface area contributed by atoms with E-state index in [0.717, 1.165) is 18.4 Å². The van der Waals surface area contributed by atoms with Crippen molar-refractivity contribution < 1.29 is 9.59 Å². The number of rotatable bonds is 9. The molecule has 0 aliphatic carbocycles. The molecule has 0 aliphatic rings. The number of carbonyl (C=O) groups excluding carboxylic acids is 2. The highest BCUT2D eigenvalue weighted by Gasteiger charge is 2.18. The van der Waals surface area contributed by atoms with Crippen molar-refractivity contribution >= 4 is 29.2 Å². The monoisotopic (exact) mass is 319 g/mol. The van der Waals surface area contributed by atoms with Crippen LogP contribution in [0.2, 0.25) is 0 Å². The molecule has 0 radical (unpaired) electrons. The first-order valence-corrected chi connectivity index (χ1v) is 7.66. The average molecular weight is 319 g/mol. The molecule has 22 heavy (non-hydrogen) atoms. The molecule has 2 N–H and O–H groups in total. The summed E-state index contributed by atoms with van der Waals surface area (Å²) >= 11 is 4.49. The van der Waals surface area contributed by atoms with Crippen LogP contribution in [0, 0.1) is 0 Å². The van der Waals surface area contributed by atoms with Gasteiger partial charge in [0.15, 0.2) is 0 Å². The van der Waals surface area contributed by atoms with Crippen molar-refractivity contribution in [3.05, 3.63) is 35.9 Å². The second kappa shape index (κ2) is 10.7. The van der Waals surface area contributed by atoms with Gasteiger partial charge in [-0.1, -0.05) is 30.3 Å². The molecule has 1 aromatic carbocycles. The van der Waals surface area contributed by atoms with E-state index in [-0.39, 0.29) is 11.8 Å². The van der Waals surface area contributed by atoms with Crippen LogP contribution in [-0.4, -0.2) is 29.6 Å². The van der Waals surface area contributed by atoms with Gasteiger partial charge in [-0.05, 0) is 37.0 Å². The van der Waals surface area contributed by atoms with E-state index in [4.69, 9.17) is 0 Å². The fraction of sp³-hybridized carbons (Fsp3) is 0.438. The average Bonchev–Trinajstić information content (AvgIpc) is 2.52. The molecule has 0 spiro atoms. The Bertz CT molecular complexity index is 527. The van der Waals surface area contributed by atoms with Crippen LogP contribution >= 0.6 is 12.2 Å². The van der Waals surface area contributed by atoms with Crippen LogP contribution in [0.25, 0.3) is 0 Å². The van der Waals surface area contributed by atoms with Gasteiger partial charge in [0.2, 0.25) is 11.8 Å². The van der Waals surface area contributed by atoms with Gasteiger partial charge in [-0.25, -0.2) is 4.99 Å². The van der Waals surface area contributed by atoms with Crippen LogP contribution in [0.4, 0.5) is 0 Å². The highest BCUT2D eigenvalue weighted by Crippen LogP contribution is 2.03. The standard InChI is InChI=1S/C16H21N3O2S/c1-13(20)19-15(9-5-6-10-17-12-22)16(21)18-11-14-7-3-2-4-8-14/h2-4,7-8,15H,5-6,9-11H2,1H3,(H,18,21)(H,19,20)/t15-/m1/s1. The third-order valence-corrected chi connectivity index (χ3v) is 3.21. The Hall–Kier alpha value is -2.04. The summed E-state index contributed by atoms with van der Waals surface area (Å²) in [5, 5.41) is 7.85. The Kier molecular flexibility index (Phi) is 8.72. The second-order valence-electron chi connectivity index (χ2n) is 4.93. The zero-order valence-corrected chi connectivity index (χ0v) is 13.5. The summed E-state index contributed by atoms with van der Waals surface area (Å²) in [5.74, 6) is -0.380. The SMILES string of the molecule is CC(=O)N[C@H](CCCCN=C=S)C(=O)NCc1ccccc1. The third-order valence-electron chi connectivity index (χ3n) is 3.08. The van der Waals surface area contributed by atoms with E-state index >= 15 is 0 Å². The van der Waals surface area contributed by atoms with Gasteiger partial charge >= 0.3 is 0 Å². The summed E-state index contributed by atoms with van der Waals surface area (Å²) < 4.78 is 0. The Morgan fingerprint density at radius 3 is 2.64 bits per heavy atom. The zero-order valence-electron chi connectivity index (χ0n) is 12.7. The number of hydrogen-bond acceptors (Lipinski definition) is 4. The number of amides is 2. The lowest BCUT2D eigenvalue weighted by molar-refractivity contribution is -0.128. The lowest BCUT2D eigenvalue weighted by Gasteiger charge is -2.17. The normalized spacial score (nSPS) is 11.1. The van der Waals surface area contributed by atoms with Gasteiger partial charge < -0.3 is 10.6 Å². The zero-order chi connectivity index (χ0) is 16.2. The molecule has 1 rings (SSSR count). The van der Waals surface area contributed by atoms with E-state index in [0.29, 0.717) is 19.5 Å². The van der Waals surface area contributed by atoms with E-state index in [1.54, 1.807) is 0 Å². The molecule has 6 heteroatoms. The molecular weight excluding hydrogens is 298 g/mol. The Balaban J connectivity index is 2.45. The molecule has 0 fully saturated rings. The number of isothiocyanates is 1. The highest BCUT2D eigenvalue weighted by molar-refractivity contribution is 7.78. The molecule has 0 aliphatic heterocycles. The van der Waals surface area contributed by atoms with Gasteiger partial charge in [0.25, 0.3) is 0 Å². The Labute approximate surface area is 136 Å². The lowest BCUT2D eigenvalue weighted by atomic mass is 10.1. The van der Waals surface area contributed by atoms with Crippen LogP contribution in [0.3, 0.4) is 0 Å². The summed E-state index contributed by atoms with van der Waals surface area (Å²) in [6.07, 6.45) is 2.17. The quantitative estimate of drug-likeness (QED) is 0.416. The largest absolute Gasteiger partial charge is 0.350 e. The Morgan fingerprint density at radius 2 is 2.00 bits per heavy atom. The van der Waals surface area contributed by atoms with E-state index in [9.17, 15) is 9.59 Å². The maximum atomic E-state index is 12.2. The van der Waals surface area contributed by atoms with Crippen molar-refractivity contribution in [2.24, 2.45) is 4.99 Å². The number of hydrogen-bond donors (Lipinski definition) is 2. The maximum Gasteiger partial charge on any atom is 0.242 e. The summed E-state index contributed by atoms with van der Waals surface area (Å²) in [7, 11) is 0. The molecule has 0 unspecified atom stereocenters. The molecule has 1 atom stereocenters. The van der Waals surface area contributed by atoms with E-state index < -0.39 is 6.04 Å². The molecule has 0 heterocycles. The van der Waals surface area contributed by atoms with E-state index in [1.807, 2.05) is 30.3 Å². The summed E-state index contributed by atoms with van der Waals surface area (Å²) in [6, 6.07) is 9.13. The molecular formula is C16H21N3O2S. The second-order valence-corrected chi connectivity index (χ2v) is 5.11. The fourth-order valence-corrected chi connectivity index (χ4v) is 2.10. The number of nitrogens with zero attached hydrogens (tertiary/aromatic N) is 1. The molecule has 1 aromatic rings. The molecule has 0 saturated heterocycles. The van der Waals surface area contributed by atoms with E-state index in [2.05, 4.69) is 33.0 Å². The first-order valence-electron chi connectivity index (χ1n) is 7.26. The smallest absolute Gasteiger partial charge is 0.242 e. The van der Waals surface area contributed by atoms with Crippen LogP contribution in [0.5, 0.6) is 0 Å². The first kappa shape index (κ1) is 18.0. The van der Waals surface area contributed by atoms with Crippen molar-refractivity contribution in [3.63, 3.8) is 0 Å². The van der Waals surface area contributed by atoms with Gasteiger partial charge in [-0.2, -0.15) is 0 Å². The van der Waals surface area contributed by atoms with Gasteiger partial charge in [-0.3, -0.25) is 9.59 Å². The molecule has 0 aromatic heterocycles. The lowest BCUT2D eigenvalue weighted by Crippen LogP contribution is -2.45. The van der Waals surface area contributed by atoms with Crippen LogP contribution < -0.4 is 10.6 Å². The number of benzene rings is 1. The first-order chi connectivity index (χ1) is 10.6. The minimum atomic E-state index is -0.516. The van der Waals surface area contributed by atoms with Crippen molar-refractivity contribution in [2.45, 2.75) is 38.8 Å². The van der Waals surface area contributed by atoms with Crippen LogP contribution in [0.15, 0.2) is 35.3 Å². The molecule has 5 nitrogen and oxygen atoms in total. The maximum absolute atomic E-state index is 12.2. The summed E-state index contributed by atoms with van der Waals surface area (Å²) in [4.78, 5) is 27.3. The molecule has 0 bridgehead atoms. The predicted octanol–water partition coefficient (Wildman–Crippen LogP) is 2.08. The topological polar surface area (TPSA) is 70.6 Å². The van der Waals surface area contributed by atoms with E-state index in [1.165, 1.54) is 6.92 Å². The fourth-order valence-electron chi connectivity index (χ4n) is 2.01. The highest BCUT2D eigenvalue weighted by atomic mass is 32.1. The number of aliphatic imine (C=N–C) groups is 1. The number of thiocarbonyl (C=S) groups is 1. The minimum Gasteiger partial charge on any atom is -0.350 e. The van der Waals surface area contributed by atoms with Crippen molar-refractivity contribution in [3.8, 4) is 0 Å². The summed E-state index contributed by atoms with van der Waals surface area (Å²) in [6.45, 7) is 2.46. The van der Waals surface area contributed by atoms with Gasteiger partial charge in [0, 0.05) is 20.0 Å². The molecule has 118 valence electrons. The minimum absolute atomic E-state index is 0.169. The molecule has 0 saturated carbocycles. The van der Waals surface area contributed by atoms with Gasteiger partial charge in [0.1, 0.15) is 6.04 Å². The van der Waals surface area contributed by atoms with Crippen molar-refractivity contribution in [2.75, 3.05) is 6.54 Å². The van der Waals surface area contributed by atoms with Crippen molar-refractivity contribution in [1.82, 2.24) is 10.6 Å². The van der Waals surface area contributed by atoms with Crippen LogP contribution in [0.1, 0.15) is 31.7 Å². The van der Waals surface area contributed by atoms with Crippen LogP contribution in [-0.2, 0) is 16.1 Å². The number of nitrogens with one attached hydrogen (secondary N) is 2. The number of unbranched alkanes of at least 4 members (excludes halogenated alkanes) is 1. The molecule has 2 amide bonds.